The average molecular weight is 651 g/mol. The number of carbonyl (C=O) groups excluding carboxylic acids is 1. The van der Waals surface area contributed by atoms with Crippen LogP contribution in [0.3, 0.4) is 0 Å². The number of aromatic nitrogens is 1. The molecule has 0 saturated heterocycles. The molecule has 0 aliphatic rings. The molecular weight excluding hydrogens is 611 g/mol. The van der Waals surface area contributed by atoms with Gasteiger partial charge in [-0.2, -0.15) is 0 Å². The second-order valence-corrected chi connectivity index (χ2v) is 11.4. The van der Waals surface area contributed by atoms with Crippen molar-refractivity contribution in [1.82, 2.24) is 4.98 Å². The molecule has 1 aromatic heterocycles. The summed E-state index contributed by atoms with van der Waals surface area (Å²) in [5, 5.41) is 12.1. The number of aliphatic hydroxyl groups excluding tert-OH is 1. The Kier molecular flexibility index (Phi) is 10.2. The van der Waals surface area contributed by atoms with Crippen LogP contribution in [0.15, 0.2) is 42.3 Å². The smallest absolute Gasteiger partial charge is 0.164 e. The summed E-state index contributed by atoms with van der Waals surface area (Å²) in [7, 11) is 0. The molecule has 2 aromatic carbocycles. The SMILES string of the molecule is CC(C)(C)C(=O)/C=C(\O)C(C)(C)C.Cc1[c-]c(-c2ncc(C)c3ccc(C)cc23)c(C)c(C)c1.[Ir]. The molecule has 0 spiro atoms. The number of carbonyl (C=O) groups is 1. The van der Waals surface area contributed by atoms with Crippen molar-refractivity contribution in [2.24, 2.45) is 10.8 Å². The Morgan fingerprint density at radius 1 is 0.886 bits per heavy atom. The van der Waals surface area contributed by atoms with Gasteiger partial charge in [0.2, 0.25) is 0 Å². The van der Waals surface area contributed by atoms with Gasteiger partial charge in [-0.15, -0.1) is 34.4 Å². The number of aryl methyl sites for hydroxylation is 4. The van der Waals surface area contributed by atoms with Gasteiger partial charge < -0.3 is 10.1 Å². The number of aliphatic hydroxyl groups is 1. The third-order valence-corrected chi connectivity index (χ3v) is 5.98. The van der Waals surface area contributed by atoms with Gasteiger partial charge in [0, 0.05) is 43.2 Å². The molecule has 3 rings (SSSR count). The van der Waals surface area contributed by atoms with Crippen molar-refractivity contribution in [2.45, 2.75) is 76.2 Å². The summed E-state index contributed by atoms with van der Waals surface area (Å²) in [6, 6.07) is 12.3. The van der Waals surface area contributed by atoms with Crippen LogP contribution in [-0.2, 0) is 24.9 Å². The molecule has 0 fully saturated rings. The first-order valence-electron chi connectivity index (χ1n) is 11.8. The zero-order valence-electron chi connectivity index (χ0n) is 23.1. The van der Waals surface area contributed by atoms with E-state index in [1.54, 1.807) is 0 Å². The van der Waals surface area contributed by atoms with E-state index in [4.69, 9.17) is 4.98 Å². The van der Waals surface area contributed by atoms with Crippen LogP contribution < -0.4 is 0 Å². The number of rotatable bonds is 2. The van der Waals surface area contributed by atoms with Gasteiger partial charge in [0.05, 0.1) is 0 Å². The Labute approximate surface area is 225 Å². The van der Waals surface area contributed by atoms with Gasteiger partial charge in [-0.05, 0) is 35.9 Å². The maximum Gasteiger partial charge on any atom is 0.164 e. The van der Waals surface area contributed by atoms with E-state index >= 15 is 0 Å². The normalized spacial score (nSPS) is 12.0. The monoisotopic (exact) mass is 651 g/mol. The van der Waals surface area contributed by atoms with Crippen LogP contribution in [0.4, 0.5) is 0 Å². The zero-order chi connectivity index (χ0) is 26.0. The second-order valence-electron chi connectivity index (χ2n) is 11.4. The largest absolute Gasteiger partial charge is 0.512 e. The molecule has 0 unspecified atom stereocenters. The quantitative estimate of drug-likeness (QED) is 0.172. The number of fused-ring (bicyclic) bond motifs is 1. The molecule has 0 bridgehead atoms. The molecule has 0 amide bonds. The van der Waals surface area contributed by atoms with Crippen LogP contribution in [0.25, 0.3) is 22.0 Å². The fourth-order valence-corrected chi connectivity index (χ4v) is 3.45. The van der Waals surface area contributed by atoms with E-state index in [0.717, 1.165) is 16.8 Å². The molecule has 1 N–H and O–H groups in total. The van der Waals surface area contributed by atoms with Crippen molar-refractivity contribution in [1.29, 1.82) is 0 Å². The molecule has 1 heterocycles. The minimum Gasteiger partial charge on any atom is -0.512 e. The summed E-state index contributed by atoms with van der Waals surface area (Å²) in [4.78, 5) is 16.2. The maximum absolute atomic E-state index is 11.5. The van der Waals surface area contributed by atoms with Gasteiger partial charge in [0.25, 0.3) is 0 Å². The van der Waals surface area contributed by atoms with Gasteiger partial charge in [-0.3, -0.25) is 4.79 Å². The summed E-state index contributed by atoms with van der Waals surface area (Å²) in [6.07, 6.45) is 3.30. The average Bonchev–Trinajstić information content (AvgIpc) is 2.70. The van der Waals surface area contributed by atoms with Crippen LogP contribution in [0.2, 0.25) is 0 Å². The summed E-state index contributed by atoms with van der Waals surface area (Å²) < 4.78 is 0. The van der Waals surface area contributed by atoms with Crippen molar-refractivity contribution in [2.75, 3.05) is 0 Å². The third kappa shape index (κ3) is 7.85. The van der Waals surface area contributed by atoms with Crippen molar-refractivity contribution in [3.8, 4) is 11.3 Å². The van der Waals surface area contributed by atoms with E-state index in [1.807, 2.05) is 47.7 Å². The van der Waals surface area contributed by atoms with Gasteiger partial charge in [-0.25, -0.2) is 0 Å². The second kappa shape index (κ2) is 11.6. The van der Waals surface area contributed by atoms with E-state index < -0.39 is 5.41 Å². The number of benzene rings is 2. The predicted molar refractivity (Wildman–Crippen MR) is 144 cm³/mol. The number of hydrogen-bond acceptors (Lipinski definition) is 3. The Morgan fingerprint density at radius 2 is 1.49 bits per heavy atom. The van der Waals surface area contributed by atoms with E-state index in [9.17, 15) is 9.90 Å². The molecule has 3 aromatic rings. The van der Waals surface area contributed by atoms with Crippen molar-refractivity contribution >= 4 is 16.6 Å². The van der Waals surface area contributed by atoms with Gasteiger partial charge >= 0.3 is 0 Å². The van der Waals surface area contributed by atoms with Crippen molar-refractivity contribution in [3.05, 3.63) is 76.2 Å². The molecular formula is C31H40IrNO2-. The molecule has 0 saturated carbocycles. The minimum atomic E-state index is -0.417. The molecule has 191 valence electrons. The fourth-order valence-electron chi connectivity index (χ4n) is 3.45. The Bertz CT molecular complexity index is 1240. The van der Waals surface area contributed by atoms with E-state index in [0.29, 0.717) is 0 Å². The molecule has 0 aliphatic carbocycles. The first-order chi connectivity index (χ1) is 15.5. The predicted octanol–water partition coefficient (Wildman–Crippen LogP) is 8.33. The topological polar surface area (TPSA) is 50.2 Å². The maximum atomic E-state index is 11.5. The summed E-state index contributed by atoms with van der Waals surface area (Å²) in [5.74, 6) is 0.104. The minimum absolute atomic E-state index is 0. The number of hydrogen-bond donors (Lipinski definition) is 1. The Hall–Kier alpha value is -2.29. The standard InChI is InChI=1S/C20H20N.C11H20O2.Ir/c1-12-6-7-17-15(4)11-21-20(19(17)9-12)18-10-13(2)8-14(3)16(18)5;1-10(2,3)8(12)7-9(13)11(4,5)6;/h6-9,11H,1-5H3;7,12H,1-6H3;/q-1;;/b;8-7-;. The molecule has 4 heteroatoms. The molecule has 0 atom stereocenters. The van der Waals surface area contributed by atoms with E-state index in [-0.39, 0.29) is 37.1 Å². The fraction of sp³-hybridized carbons (Fsp3) is 0.419. The number of allylic oxidation sites excluding steroid dienone is 2. The summed E-state index contributed by atoms with van der Waals surface area (Å²) >= 11 is 0. The van der Waals surface area contributed by atoms with E-state index in [1.165, 1.54) is 39.1 Å². The van der Waals surface area contributed by atoms with Crippen molar-refractivity contribution < 1.29 is 30.0 Å². The van der Waals surface area contributed by atoms with Crippen LogP contribution >= 0.6 is 0 Å². The van der Waals surface area contributed by atoms with Crippen LogP contribution in [0, 0.1) is 51.5 Å². The van der Waals surface area contributed by atoms with Gasteiger partial charge in [-0.1, -0.05) is 86.1 Å². The number of ketones is 1. The van der Waals surface area contributed by atoms with Crippen molar-refractivity contribution in [3.63, 3.8) is 0 Å². The first kappa shape index (κ1) is 30.7. The Balaban J connectivity index is 0.000000383. The molecule has 35 heavy (non-hydrogen) atoms. The number of nitrogens with zero attached hydrogens (tertiary/aromatic N) is 1. The molecule has 1 radical (unpaired) electrons. The Morgan fingerprint density at radius 3 is 2.03 bits per heavy atom. The molecule has 0 aliphatic heterocycles. The van der Waals surface area contributed by atoms with E-state index in [2.05, 4.69) is 65.0 Å². The van der Waals surface area contributed by atoms with Crippen LogP contribution in [0.5, 0.6) is 0 Å². The zero-order valence-corrected chi connectivity index (χ0v) is 25.5. The summed E-state index contributed by atoms with van der Waals surface area (Å²) in [6.45, 7) is 21.8. The molecule has 3 nitrogen and oxygen atoms in total. The van der Waals surface area contributed by atoms with Gasteiger partial charge in [0.15, 0.2) is 5.78 Å². The van der Waals surface area contributed by atoms with Crippen LogP contribution in [-0.4, -0.2) is 15.9 Å². The number of pyridine rings is 1. The third-order valence-electron chi connectivity index (χ3n) is 5.98. The van der Waals surface area contributed by atoms with Crippen LogP contribution in [0.1, 0.15) is 69.4 Å². The first-order valence-corrected chi connectivity index (χ1v) is 11.8. The summed E-state index contributed by atoms with van der Waals surface area (Å²) in [5.41, 5.74) is 7.61. The van der Waals surface area contributed by atoms with Gasteiger partial charge in [0.1, 0.15) is 5.76 Å².